The van der Waals surface area contributed by atoms with Gasteiger partial charge in [-0.25, -0.2) is 10.4 Å². The molecule has 0 radical (unpaired) electrons. The molecule has 160 valence electrons. The van der Waals surface area contributed by atoms with Gasteiger partial charge in [0.2, 0.25) is 5.95 Å². The van der Waals surface area contributed by atoms with Crippen LogP contribution in [-0.2, 0) is 7.05 Å². The Morgan fingerprint density at radius 3 is 2.50 bits per heavy atom. The van der Waals surface area contributed by atoms with Gasteiger partial charge in [-0.2, -0.15) is 5.10 Å². The zero-order chi connectivity index (χ0) is 22.3. The fraction of sp³-hybridized carbons (Fsp3) is 0.115. The van der Waals surface area contributed by atoms with E-state index in [1.54, 1.807) is 13.1 Å². The number of rotatable bonds is 7. The molecule has 3 aromatic carbocycles. The summed E-state index contributed by atoms with van der Waals surface area (Å²) < 4.78 is 6.96. The Balaban J connectivity index is 1.66. The highest BCUT2D eigenvalue weighted by molar-refractivity contribution is 6.11. The fourth-order valence-electron chi connectivity index (χ4n) is 3.25. The van der Waals surface area contributed by atoms with Crippen LogP contribution in [0.4, 0.5) is 5.95 Å². The number of fused-ring (bicyclic) bond motifs is 1. The first-order valence-corrected chi connectivity index (χ1v) is 10.4. The van der Waals surface area contributed by atoms with E-state index in [-0.39, 0.29) is 5.56 Å². The summed E-state index contributed by atoms with van der Waals surface area (Å²) in [6.45, 7) is 2.60. The number of hydrogen-bond donors (Lipinski definition) is 1. The number of benzene rings is 3. The number of allylic oxidation sites excluding steroid dienone is 1. The molecular weight excluding hydrogens is 400 g/mol. The van der Waals surface area contributed by atoms with E-state index in [0.717, 1.165) is 16.9 Å². The van der Waals surface area contributed by atoms with Gasteiger partial charge < -0.3 is 4.74 Å². The summed E-state index contributed by atoms with van der Waals surface area (Å²) in [6.07, 6.45) is 3.91. The average molecular weight is 425 g/mol. The van der Waals surface area contributed by atoms with E-state index in [0.29, 0.717) is 29.2 Å². The van der Waals surface area contributed by atoms with Gasteiger partial charge in [0.1, 0.15) is 5.75 Å². The molecule has 0 aliphatic carbocycles. The average Bonchev–Trinajstić information content (AvgIpc) is 2.84. The standard InChI is InChI=1S/C26H24N4O2/c1-3-32-21-16-13-19(14-17-21)15-18-23(20-9-5-4-6-10-20)28-29-26-27-24-12-8-7-11-22(24)25(31)30(26)2/h4-18H,3H2,1-2H3,(H,27,29)/b18-15+,28-23-. The molecule has 1 heterocycles. The summed E-state index contributed by atoms with van der Waals surface area (Å²) in [7, 11) is 1.68. The molecule has 0 bridgehead atoms. The zero-order valence-electron chi connectivity index (χ0n) is 18.0. The minimum Gasteiger partial charge on any atom is -0.494 e. The lowest BCUT2D eigenvalue weighted by molar-refractivity contribution is 0.340. The van der Waals surface area contributed by atoms with Gasteiger partial charge in [-0.15, -0.1) is 0 Å². The van der Waals surface area contributed by atoms with Gasteiger partial charge in [-0.05, 0) is 42.8 Å². The predicted molar refractivity (Wildman–Crippen MR) is 130 cm³/mol. The lowest BCUT2D eigenvalue weighted by atomic mass is 10.1. The number of ether oxygens (including phenoxy) is 1. The van der Waals surface area contributed by atoms with Crippen molar-refractivity contribution in [2.75, 3.05) is 12.0 Å². The second kappa shape index (κ2) is 9.75. The summed E-state index contributed by atoms with van der Waals surface area (Å²) in [5.74, 6) is 1.21. The first-order chi connectivity index (χ1) is 15.7. The van der Waals surface area contributed by atoms with Crippen molar-refractivity contribution >= 4 is 28.6 Å². The van der Waals surface area contributed by atoms with Gasteiger partial charge in [-0.1, -0.05) is 60.7 Å². The van der Waals surface area contributed by atoms with E-state index in [9.17, 15) is 4.79 Å². The van der Waals surface area contributed by atoms with Crippen molar-refractivity contribution in [1.29, 1.82) is 0 Å². The number of hydrazone groups is 1. The molecule has 1 aromatic heterocycles. The zero-order valence-corrected chi connectivity index (χ0v) is 18.0. The third-order valence-corrected chi connectivity index (χ3v) is 4.95. The Morgan fingerprint density at radius 1 is 1.03 bits per heavy atom. The van der Waals surface area contributed by atoms with Crippen LogP contribution in [-0.4, -0.2) is 21.9 Å². The largest absolute Gasteiger partial charge is 0.494 e. The van der Waals surface area contributed by atoms with E-state index >= 15 is 0 Å². The van der Waals surface area contributed by atoms with Gasteiger partial charge in [-0.3, -0.25) is 9.36 Å². The first-order valence-electron chi connectivity index (χ1n) is 10.4. The van der Waals surface area contributed by atoms with Crippen molar-refractivity contribution in [3.05, 3.63) is 106 Å². The minimum atomic E-state index is -0.125. The van der Waals surface area contributed by atoms with Crippen molar-refractivity contribution in [2.45, 2.75) is 6.92 Å². The molecule has 0 saturated carbocycles. The van der Waals surface area contributed by atoms with E-state index in [1.807, 2.05) is 91.9 Å². The van der Waals surface area contributed by atoms with Crippen molar-refractivity contribution in [3.8, 4) is 5.75 Å². The molecule has 1 N–H and O–H groups in total. The van der Waals surface area contributed by atoms with Crippen molar-refractivity contribution in [3.63, 3.8) is 0 Å². The Kier molecular flexibility index (Phi) is 6.41. The van der Waals surface area contributed by atoms with Crippen LogP contribution in [0.5, 0.6) is 5.75 Å². The molecule has 0 aliphatic heterocycles. The van der Waals surface area contributed by atoms with Crippen LogP contribution in [0.15, 0.2) is 94.8 Å². The highest BCUT2D eigenvalue weighted by Gasteiger charge is 2.08. The van der Waals surface area contributed by atoms with Crippen LogP contribution < -0.4 is 15.7 Å². The molecule has 0 fully saturated rings. The molecule has 0 atom stereocenters. The van der Waals surface area contributed by atoms with Gasteiger partial charge in [0, 0.05) is 12.6 Å². The maximum Gasteiger partial charge on any atom is 0.262 e. The Hall–Kier alpha value is -4.19. The molecule has 4 aromatic rings. The predicted octanol–water partition coefficient (Wildman–Crippen LogP) is 4.86. The van der Waals surface area contributed by atoms with Crippen molar-refractivity contribution in [2.24, 2.45) is 12.1 Å². The number of aromatic nitrogens is 2. The monoisotopic (exact) mass is 424 g/mol. The Morgan fingerprint density at radius 2 is 1.75 bits per heavy atom. The Bertz CT molecular complexity index is 1320. The summed E-state index contributed by atoms with van der Waals surface area (Å²) in [5.41, 5.74) is 6.14. The lowest BCUT2D eigenvalue weighted by Crippen LogP contribution is -2.21. The molecule has 0 unspecified atom stereocenters. The van der Waals surface area contributed by atoms with Crippen LogP contribution in [0.25, 0.3) is 17.0 Å². The molecule has 0 amide bonds. The molecule has 0 aliphatic rings. The molecule has 32 heavy (non-hydrogen) atoms. The third kappa shape index (κ3) is 4.75. The summed E-state index contributed by atoms with van der Waals surface area (Å²) >= 11 is 0. The van der Waals surface area contributed by atoms with E-state index < -0.39 is 0 Å². The first kappa shape index (κ1) is 21.1. The van der Waals surface area contributed by atoms with Crippen LogP contribution in [0.2, 0.25) is 0 Å². The summed E-state index contributed by atoms with van der Waals surface area (Å²) in [5, 5.41) is 5.14. The lowest BCUT2D eigenvalue weighted by Gasteiger charge is -2.09. The number of para-hydroxylation sites is 1. The molecule has 4 rings (SSSR count). The Labute approximate surface area is 186 Å². The molecule has 0 saturated heterocycles. The normalized spacial score (nSPS) is 11.8. The minimum absolute atomic E-state index is 0.125. The summed E-state index contributed by atoms with van der Waals surface area (Å²) in [4.78, 5) is 17.2. The van der Waals surface area contributed by atoms with Gasteiger partial charge in [0.25, 0.3) is 5.56 Å². The molecule has 6 heteroatoms. The maximum atomic E-state index is 12.7. The van der Waals surface area contributed by atoms with Crippen molar-refractivity contribution in [1.82, 2.24) is 9.55 Å². The number of nitrogens with one attached hydrogen (secondary N) is 1. The second-order valence-corrected chi connectivity index (χ2v) is 7.13. The topological polar surface area (TPSA) is 68.5 Å². The smallest absolute Gasteiger partial charge is 0.262 e. The fourth-order valence-corrected chi connectivity index (χ4v) is 3.25. The van der Waals surface area contributed by atoms with Gasteiger partial charge in [0.15, 0.2) is 0 Å². The molecule has 6 nitrogen and oxygen atoms in total. The van der Waals surface area contributed by atoms with E-state index in [4.69, 9.17) is 4.74 Å². The van der Waals surface area contributed by atoms with Crippen LogP contribution in [0, 0.1) is 0 Å². The van der Waals surface area contributed by atoms with Gasteiger partial charge in [0.05, 0.1) is 23.2 Å². The van der Waals surface area contributed by atoms with Crippen molar-refractivity contribution < 1.29 is 4.74 Å². The number of nitrogens with zero attached hydrogens (tertiary/aromatic N) is 3. The SMILES string of the molecule is CCOc1ccc(/C=C/C(=N/Nc2nc3ccccc3c(=O)n2C)c2ccccc2)cc1. The maximum absolute atomic E-state index is 12.7. The van der Waals surface area contributed by atoms with Crippen LogP contribution in [0.3, 0.4) is 0 Å². The van der Waals surface area contributed by atoms with E-state index in [1.165, 1.54) is 4.57 Å². The van der Waals surface area contributed by atoms with E-state index in [2.05, 4.69) is 15.5 Å². The van der Waals surface area contributed by atoms with Crippen LogP contribution >= 0.6 is 0 Å². The third-order valence-electron chi connectivity index (χ3n) is 4.95. The second-order valence-electron chi connectivity index (χ2n) is 7.13. The summed E-state index contributed by atoms with van der Waals surface area (Å²) in [6, 6.07) is 25.0. The number of hydrogen-bond acceptors (Lipinski definition) is 5. The highest BCUT2D eigenvalue weighted by Crippen LogP contribution is 2.15. The quantitative estimate of drug-likeness (QED) is 0.340. The molecular formula is C26H24N4O2. The highest BCUT2D eigenvalue weighted by atomic mass is 16.5. The van der Waals surface area contributed by atoms with Crippen LogP contribution in [0.1, 0.15) is 18.1 Å². The van der Waals surface area contributed by atoms with Gasteiger partial charge >= 0.3 is 0 Å². The molecule has 0 spiro atoms. The number of anilines is 1.